The third kappa shape index (κ3) is 8.48. The summed E-state index contributed by atoms with van der Waals surface area (Å²) in [6.07, 6.45) is -16.6. The molecule has 0 bridgehead atoms. The van der Waals surface area contributed by atoms with Crippen LogP contribution < -0.4 is 16.0 Å². The summed E-state index contributed by atoms with van der Waals surface area (Å²) in [5.41, 5.74) is -1.37. The Kier molecular flexibility index (Phi) is 12.8. The molecule has 0 spiro atoms. The van der Waals surface area contributed by atoms with Gasteiger partial charge in [-0.15, -0.1) is 0 Å². The van der Waals surface area contributed by atoms with Crippen LogP contribution in [-0.4, -0.2) is 164 Å². The second kappa shape index (κ2) is 15.5. The Labute approximate surface area is 251 Å². The number of alkyl halides is 1. The average Bonchev–Trinajstić information content (AvgIpc) is 2.93. The Bertz CT molecular complexity index is 967. The van der Waals surface area contributed by atoms with E-state index in [1.54, 1.807) is 0 Å². The lowest BCUT2D eigenvalue weighted by atomic mass is 9.94. The van der Waals surface area contributed by atoms with Crippen molar-refractivity contribution in [2.45, 2.75) is 112 Å². The maximum atomic E-state index is 12.0. The van der Waals surface area contributed by atoms with Gasteiger partial charge in [0, 0.05) is 20.8 Å². The molecule has 3 saturated heterocycles. The van der Waals surface area contributed by atoms with Crippen LogP contribution in [0.1, 0.15) is 20.8 Å². The molecule has 0 aromatic heterocycles. The second-order valence-corrected chi connectivity index (χ2v) is 11.0. The molecule has 3 heterocycles. The van der Waals surface area contributed by atoms with E-state index in [1.807, 2.05) is 0 Å². The number of aliphatic hydroxyl groups excluding tert-OH is 7. The third-order valence-electron chi connectivity index (χ3n) is 7.25. The van der Waals surface area contributed by atoms with Gasteiger partial charge in [-0.1, -0.05) is 11.6 Å². The van der Waals surface area contributed by atoms with Gasteiger partial charge in [-0.25, -0.2) is 0 Å². The molecule has 3 amide bonds. The summed E-state index contributed by atoms with van der Waals surface area (Å²) in [6.45, 7) is 1.50. The van der Waals surface area contributed by atoms with Crippen molar-refractivity contribution < 1.29 is 73.8 Å². The first kappa shape index (κ1) is 35.7. The molecule has 43 heavy (non-hydrogen) atoms. The molecule has 10 N–H and O–H groups in total. The molecule has 0 radical (unpaired) electrons. The predicted molar refractivity (Wildman–Crippen MR) is 140 cm³/mol. The Morgan fingerprint density at radius 1 is 0.651 bits per heavy atom. The summed E-state index contributed by atoms with van der Waals surface area (Å²) in [6, 6.07) is -3.92. The first-order chi connectivity index (χ1) is 20.2. The van der Waals surface area contributed by atoms with Crippen molar-refractivity contribution in [2.75, 3.05) is 19.8 Å². The Morgan fingerprint density at radius 3 is 1.56 bits per heavy atom. The van der Waals surface area contributed by atoms with Crippen LogP contribution >= 0.6 is 11.6 Å². The van der Waals surface area contributed by atoms with Crippen molar-refractivity contribution in [3.63, 3.8) is 0 Å². The molecule has 1 unspecified atom stereocenters. The van der Waals surface area contributed by atoms with Crippen molar-refractivity contribution in [3.8, 4) is 0 Å². The van der Waals surface area contributed by atoms with E-state index in [1.165, 1.54) is 6.92 Å². The van der Waals surface area contributed by atoms with Gasteiger partial charge in [0.2, 0.25) is 17.7 Å². The van der Waals surface area contributed by atoms with E-state index in [-0.39, 0.29) is 0 Å². The number of rotatable bonds is 10. The number of aliphatic hydroxyl groups is 7. The maximum absolute atomic E-state index is 12.0. The third-order valence-corrected chi connectivity index (χ3v) is 7.62. The highest BCUT2D eigenvalue weighted by atomic mass is 35.5. The molecule has 3 rings (SSSR count). The van der Waals surface area contributed by atoms with Crippen molar-refractivity contribution in [2.24, 2.45) is 0 Å². The zero-order valence-electron chi connectivity index (χ0n) is 23.6. The van der Waals surface area contributed by atoms with Crippen molar-refractivity contribution in [1.82, 2.24) is 16.0 Å². The topological polar surface area (TPSA) is 275 Å². The molecular formula is C24H40ClN3O15. The van der Waals surface area contributed by atoms with Gasteiger partial charge in [-0.3, -0.25) is 14.4 Å². The van der Waals surface area contributed by atoms with E-state index in [0.717, 1.165) is 13.8 Å². The lowest BCUT2D eigenvalue weighted by Gasteiger charge is -2.48. The first-order valence-electron chi connectivity index (χ1n) is 13.5. The quantitative estimate of drug-likeness (QED) is 0.0991. The van der Waals surface area contributed by atoms with Crippen molar-refractivity contribution >= 4 is 29.3 Å². The molecule has 248 valence electrons. The lowest BCUT2D eigenvalue weighted by molar-refractivity contribution is -0.312. The SMILES string of the molecule is CC(=O)N[C@H]1[C@H](OC[C@H]2OC(Cl)[C@H](NC(C)=O)[C@@H](O[C@@H]3O[C@H](CO)[C@@H](O)[C@H](O)[C@H]3NC(C)=O)[C@H]2O)O[C@H](CO)[C@@H](O)[C@@H]1O. The fourth-order valence-electron chi connectivity index (χ4n) is 5.13. The van der Waals surface area contributed by atoms with Crippen molar-refractivity contribution in [3.05, 3.63) is 0 Å². The van der Waals surface area contributed by atoms with Gasteiger partial charge < -0.3 is 75.4 Å². The molecule has 0 aromatic rings. The number of hydrogen-bond acceptors (Lipinski definition) is 15. The van der Waals surface area contributed by atoms with Crippen LogP contribution in [0.5, 0.6) is 0 Å². The van der Waals surface area contributed by atoms with Crippen molar-refractivity contribution in [1.29, 1.82) is 0 Å². The summed E-state index contributed by atoms with van der Waals surface area (Å²) in [5, 5.41) is 79.4. The first-order valence-corrected chi connectivity index (χ1v) is 13.9. The molecule has 19 heteroatoms. The van der Waals surface area contributed by atoms with Crippen LogP contribution in [0.2, 0.25) is 0 Å². The zero-order chi connectivity index (χ0) is 32.2. The van der Waals surface area contributed by atoms with Gasteiger partial charge in [-0.05, 0) is 0 Å². The van der Waals surface area contributed by atoms with Gasteiger partial charge in [-0.2, -0.15) is 0 Å². The monoisotopic (exact) mass is 645 g/mol. The van der Waals surface area contributed by atoms with Crippen LogP contribution in [0.25, 0.3) is 0 Å². The van der Waals surface area contributed by atoms with Gasteiger partial charge in [0.15, 0.2) is 18.1 Å². The number of ether oxygens (including phenoxy) is 5. The van der Waals surface area contributed by atoms with E-state index in [2.05, 4.69) is 16.0 Å². The minimum atomic E-state index is -1.67. The Hall–Kier alpha value is -1.78. The average molecular weight is 646 g/mol. The summed E-state index contributed by atoms with van der Waals surface area (Å²) in [4.78, 5) is 35.5. The summed E-state index contributed by atoms with van der Waals surface area (Å²) in [5.74, 6) is -1.80. The molecule has 0 aliphatic carbocycles. The van der Waals surface area contributed by atoms with E-state index >= 15 is 0 Å². The van der Waals surface area contributed by atoms with Gasteiger partial charge in [0.25, 0.3) is 0 Å². The number of nitrogens with one attached hydrogen (secondary N) is 3. The second-order valence-electron chi connectivity index (χ2n) is 10.5. The normalized spacial score (nSPS) is 43.5. The smallest absolute Gasteiger partial charge is 0.217 e. The molecule has 3 aliphatic rings. The van der Waals surface area contributed by atoms with E-state index in [9.17, 15) is 50.1 Å². The highest BCUT2D eigenvalue weighted by molar-refractivity contribution is 6.20. The number of carbonyl (C=O) groups excluding carboxylic acids is 3. The summed E-state index contributed by atoms with van der Waals surface area (Å²) < 4.78 is 28.4. The lowest BCUT2D eigenvalue weighted by Crippen LogP contribution is -2.69. The minimum absolute atomic E-state index is 0.528. The Balaban J connectivity index is 1.84. The minimum Gasteiger partial charge on any atom is -0.394 e. The predicted octanol–water partition coefficient (Wildman–Crippen LogP) is -5.90. The zero-order valence-corrected chi connectivity index (χ0v) is 24.3. The number of carbonyl (C=O) groups is 3. The number of hydrogen-bond donors (Lipinski definition) is 10. The molecule has 0 saturated carbocycles. The van der Waals surface area contributed by atoms with Crippen LogP contribution in [-0.2, 0) is 38.1 Å². The van der Waals surface area contributed by atoms with Gasteiger partial charge >= 0.3 is 0 Å². The molecule has 15 atom stereocenters. The van der Waals surface area contributed by atoms with Crippen LogP contribution in [0.3, 0.4) is 0 Å². The molecule has 3 aliphatic heterocycles. The summed E-state index contributed by atoms with van der Waals surface area (Å²) in [7, 11) is 0. The van der Waals surface area contributed by atoms with Crippen LogP contribution in [0.15, 0.2) is 0 Å². The highest BCUT2D eigenvalue weighted by Crippen LogP contribution is 2.31. The standard InChI is InChI=1S/C24H40ClN3O15/c1-7(31)26-13-19(37)16(34)10(4-29)41-23(13)39-6-12-18(36)21(15(22(25)40-12)28-9(3)33)43-24-14(27-8(2)32)20(38)17(35)11(5-30)42-24/h10-24,29-30,34-38H,4-6H2,1-3H3,(H,26,31)(H,27,32)(H,28,33)/t10-,11-,12-,13-,14-,15-,16-,17-,18+,19-,20-,21-,22?,23-,24+/m1/s1. The maximum Gasteiger partial charge on any atom is 0.217 e. The fraction of sp³-hybridized carbons (Fsp3) is 0.875. The molecule has 18 nitrogen and oxygen atoms in total. The van der Waals surface area contributed by atoms with Gasteiger partial charge in [0.05, 0.1) is 25.9 Å². The largest absolute Gasteiger partial charge is 0.394 e. The van der Waals surface area contributed by atoms with E-state index in [4.69, 9.17) is 35.3 Å². The highest BCUT2D eigenvalue weighted by Gasteiger charge is 2.52. The van der Waals surface area contributed by atoms with E-state index in [0.29, 0.717) is 0 Å². The molecular weight excluding hydrogens is 606 g/mol. The Morgan fingerprint density at radius 2 is 1.09 bits per heavy atom. The number of amides is 3. The van der Waals surface area contributed by atoms with E-state index < -0.39 is 129 Å². The van der Waals surface area contributed by atoms with Crippen LogP contribution in [0.4, 0.5) is 0 Å². The van der Waals surface area contributed by atoms with Crippen LogP contribution in [0, 0.1) is 0 Å². The van der Waals surface area contributed by atoms with Gasteiger partial charge in [0.1, 0.15) is 67.0 Å². The molecule has 0 aromatic carbocycles. The fourth-order valence-corrected chi connectivity index (χ4v) is 5.47. The molecule has 3 fully saturated rings. The summed E-state index contributed by atoms with van der Waals surface area (Å²) >= 11 is 6.42. The number of halogens is 1.